The van der Waals surface area contributed by atoms with E-state index in [-0.39, 0.29) is 30.9 Å². The molecule has 0 bridgehead atoms. The Hall–Kier alpha value is -3.64. The van der Waals surface area contributed by atoms with Gasteiger partial charge in [0.15, 0.2) is 0 Å². The average Bonchev–Trinajstić information content (AvgIpc) is 3.73. The molecule has 0 aromatic heterocycles. The molecular formula is C36H60N6O7. The van der Waals surface area contributed by atoms with Crippen LogP contribution >= 0.6 is 0 Å². The molecule has 0 aromatic carbocycles. The van der Waals surface area contributed by atoms with Crippen molar-refractivity contribution in [3.63, 3.8) is 0 Å². The number of nitrogens with zero attached hydrogens (tertiary/aromatic N) is 1. The number of allylic oxidation sites excluding steroid dienone is 1. The lowest BCUT2D eigenvalue weighted by atomic mass is 9.70. The lowest BCUT2D eigenvalue weighted by Gasteiger charge is -2.43. The molecule has 49 heavy (non-hydrogen) atoms. The fourth-order valence-corrected chi connectivity index (χ4v) is 6.93. The normalized spacial score (nSPS) is 22.6. The second kappa shape index (κ2) is 16.4. The number of hydrogen-bond acceptors (Lipinski definition) is 7. The molecule has 2 saturated carbocycles. The van der Waals surface area contributed by atoms with Crippen molar-refractivity contribution in [1.29, 1.82) is 0 Å². The van der Waals surface area contributed by atoms with Gasteiger partial charge in [-0.05, 0) is 60.7 Å². The fraction of sp³-hybridized carbons (Fsp3) is 0.778. The summed E-state index contributed by atoms with van der Waals surface area (Å²) < 4.78 is 5.35. The third-order valence-electron chi connectivity index (χ3n) is 10.9. The Labute approximate surface area is 291 Å². The van der Waals surface area contributed by atoms with Gasteiger partial charge < -0.3 is 36.6 Å². The van der Waals surface area contributed by atoms with Crippen LogP contribution in [0.25, 0.3) is 0 Å². The molecule has 3 rings (SSSR count). The van der Waals surface area contributed by atoms with Gasteiger partial charge in [0.05, 0.1) is 12.1 Å². The van der Waals surface area contributed by atoms with Crippen LogP contribution in [0.5, 0.6) is 0 Å². The summed E-state index contributed by atoms with van der Waals surface area (Å²) in [6.07, 6.45) is 7.88. The molecular weight excluding hydrogens is 628 g/mol. The number of amides is 6. The van der Waals surface area contributed by atoms with Crippen molar-refractivity contribution in [2.24, 2.45) is 33.8 Å². The first-order valence-electron chi connectivity index (χ1n) is 17.9. The lowest BCUT2D eigenvalue weighted by Crippen LogP contribution is -2.62. The molecule has 5 atom stereocenters. The van der Waals surface area contributed by atoms with E-state index >= 15 is 0 Å². The van der Waals surface area contributed by atoms with Crippen LogP contribution in [-0.4, -0.2) is 84.4 Å². The number of carbonyl (C=O) groups is 6. The zero-order valence-corrected chi connectivity index (χ0v) is 30.6. The summed E-state index contributed by atoms with van der Waals surface area (Å²) in [5, 5.41) is 11.3. The van der Waals surface area contributed by atoms with Crippen LogP contribution in [0.3, 0.4) is 0 Å². The first kappa shape index (κ1) is 39.8. The highest BCUT2D eigenvalue weighted by atomic mass is 16.5. The molecule has 0 radical (unpaired) electrons. The van der Waals surface area contributed by atoms with Gasteiger partial charge in [0, 0.05) is 13.1 Å². The van der Waals surface area contributed by atoms with Crippen molar-refractivity contribution in [2.45, 2.75) is 130 Å². The largest absolute Gasteiger partial charge is 0.447 e. The van der Waals surface area contributed by atoms with E-state index in [9.17, 15) is 28.8 Å². The maximum atomic E-state index is 14.8. The molecule has 6 amide bonds. The van der Waals surface area contributed by atoms with Crippen LogP contribution in [0, 0.1) is 28.1 Å². The maximum absolute atomic E-state index is 14.8. The number of urea groups is 1. The van der Waals surface area contributed by atoms with E-state index in [0.717, 1.165) is 32.1 Å². The van der Waals surface area contributed by atoms with Crippen LogP contribution in [0.2, 0.25) is 0 Å². The molecule has 276 valence electrons. The van der Waals surface area contributed by atoms with Gasteiger partial charge in [-0.15, -0.1) is 6.58 Å². The maximum Gasteiger partial charge on any atom is 0.407 e. The third kappa shape index (κ3) is 10.7. The molecule has 2 aliphatic carbocycles. The van der Waals surface area contributed by atoms with E-state index in [2.05, 4.69) is 27.8 Å². The standard InChI is InChI=1S/C36H60N6O7/c1-9-35(6,7)23-19-25(30(45)39-24(18-22-14-15-22)27(43)29(37)44)42(20-23)31(46)28(36(8)16-12-11-13-17-36)41-32(47)40-26(34(3,4)5)21-49-33(48)38-10-2/h9,22-26,28H,1,10-21H2,2-8H3,(H2,37,44)(H,38,48)(H,39,45)(H2,40,41,47)/t23-,24?,25?,26-,28-/m1/s1. The highest BCUT2D eigenvalue weighted by Gasteiger charge is 2.50. The van der Waals surface area contributed by atoms with Crippen LogP contribution < -0.4 is 27.0 Å². The zero-order valence-electron chi connectivity index (χ0n) is 30.6. The smallest absolute Gasteiger partial charge is 0.407 e. The van der Waals surface area contributed by atoms with E-state index < -0.39 is 70.1 Å². The summed E-state index contributed by atoms with van der Waals surface area (Å²) in [7, 11) is 0. The van der Waals surface area contributed by atoms with Crippen molar-refractivity contribution >= 4 is 35.6 Å². The topological polar surface area (TPSA) is 189 Å². The molecule has 1 aliphatic heterocycles. The van der Waals surface area contributed by atoms with Gasteiger partial charge in [0.2, 0.25) is 17.6 Å². The predicted molar refractivity (Wildman–Crippen MR) is 186 cm³/mol. The first-order chi connectivity index (χ1) is 22.8. The minimum Gasteiger partial charge on any atom is -0.447 e. The monoisotopic (exact) mass is 688 g/mol. The summed E-state index contributed by atoms with van der Waals surface area (Å²) in [5.74, 6) is -2.78. The van der Waals surface area contributed by atoms with Crippen LogP contribution in [-0.2, 0) is 23.9 Å². The number of nitrogens with two attached hydrogens (primary N) is 1. The van der Waals surface area contributed by atoms with E-state index in [1.165, 1.54) is 0 Å². The van der Waals surface area contributed by atoms with E-state index in [4.69, 9.17) is 10.5 Å². The van der Waals surface area contributed by atoms with E-state index in [1.807, 2.05) is 47.6 Å². The SMILES string of the molecule is C=CC(C)(C)[C@@H]1CC(C(=O)NC(CC2CC2)C(=O)C(N)=O)N(C(=O)[C@@H](NC(=O)N[C@H](COC(=O)NCC)C(C)(C)C)C2(C)CCCCC2)C1. The van der Waals surface area contributed by atoms with Crippen molar-refractivity contribution in [3.05, 3.63) is 12.7 Å². The number of rotatable bonds is 15. The number of primary amides is 1. The molecule has 6 N–H and O–H groups in total. The number of carbonyl (C=O) groups excluding carboxylic acids is 6. The molecule has 1 saturated heterocycles. The Morgan fingerprint density at radius 3 is 2.16 bits per heavy atom. The second-order valence-electron chi connectivity index (χ2n) is 16.2. The number of Topliss-reactive ketones (excluding diaryl/α,β-unsaturated/α-hetero) is 1. The highest BCUT2D eigenvalue weighted by Crippen LogP contribution is 2.43. The molecule has 13 nitrogen and oxygen atoms in total. The second-order valence-corrected chi connectivity index (χ2v) is 16.2. The summed E-state index contributed by atoms with van der Waals surface area (Å²) in [6.45, 7) is 18.1. The fourth-order valence-electron chi connectivity index (χ4n) is 6.93. The Balaban J connectivity index is 1.92. The van der Waals surface area contributed by atoms with E-state index in [1.54, 1.807) is 11.8 Å². The Morgan fingerprint density at radius 1 is 1.00 bits per heavy atom. The summed E-state index contributed by atoms with van der Waals surface area (Å²) >= 11 is 0. The number of likely N-dealkylation sites (tertiary alicyclic amines) is 1. The Kier molecular flexibility index (Phi) is 13.3. The highest BCUT2D eigenvalue weighted by molar-refractivity contribution is 6.37. The van der Waals surface area contributed by atoms with Crippen molar-refractivity contribution in [1.82, 2.24) is 26.2 Å². The van der Waals surface area contributed by atoms with Gasteiger partial charge >= 0.3 is 12.1 Å². The summed E-state index contributed by atoms with van der Waals surface area (Å²) in [5.41, 5.74) is 3.83. The molecule has 2 unspecified atom stereocenters. The minimum absolute atomic E-state index is 0.0721. The Bertz CT molecular complexity index is 1250. The quantitative estimate of drug-likeness (QED) is 0.128. The van der Waals surface area contributed by atoms with Gasteiger partial charge in [0.1, 0.15) is 18.7 Å². The van der Waals surface area contributed by atoms with Crippen LogP contribution in [0.15, 0.2) is 12.7 Å². The number of ketones is 1. The van der Waals surface area contributed by atoms with Crippen molar-refractivity contribution in [2.75, 3.05) is 19.7 Å². The van der Waals surface area contributed by atoms with E-state index in [0.29, 0.717) is 32.2 Å². The van der Waals surface area contributed by atoms with Crippen LogP contribution in [0.1, 0.15) is 106 Å². The van der Waals surface area contributed by atoms with Crippen molar-refractivity contribution in [3.8, 4) is 0 Å². The van der Waals surface area contributed by atoms with Gasteiger partial charge in [0.25, 0.3) is 5.91 Å². The number of hydrogen-bond donors (Lipinski definition) is 5. The molecule has 1 heterocycles. The summed E-state index contributed by atoms with van der Waals surface area (Å²) in [4.78, 5) is 80.7. The third-order valence-corrected chi connectivity index (χ3v) is 10.9. The predicted octanol–water partition coefficient (Wildman–Crippen LogP) is 3.55. The van der Waals surface area contributed by atoms with Crippen molar-refractivity contribution < 1.29 is 33.5 Å². The molecule has 3 aliphatic rings. The van der Waals surface area contributed by atoms with Gasteiger partial charge in [-0.25, -0.2) is 9.59 Å². The first-order valence-corrected chi connectivity index (χ1v) is 17.9. The Morgan fingerprint density at radius 2 is 1.63 bits per heavy atom. The van der Waals surface area contributed by atoms with Gasteiger partial charge in [-0.2, -0.15) is 0 Å². The van der Waals surface area contributed by atoms with Gasteiger partial charge in [-0.3, -0.25) is 19.2 Å². The summed E-state index contributed by atoms with van der Waals surface area (Å²) in [6, 6.07) is -4.12. The average molecular weight is 689 g/mol. The molecule has 0 spiro atoms. The molecule has 3 fully saturated rings. The zero-order chi connectivity index (χ0) is 36.7. The van der Waals surface area contributed by atoms with Gasteiger partial charge in [-0.1, -0.05) is 79.7 Å². The minimum atomic E-state index is -1.11. The number of alkyl carbamates (subject to hydrolysis) is 1. The van der Waals surface area contributed by atoms with Crippen LogP contribution in [0.4, 0.5) is 9.59 Å². The number of ether oxygens (including phenoxy) is 1. The lowest BCUT2D eigenvalue weighted by molar-refractivity contribution is -0.144. The molecule has 0 aromatic rings. The molecule has 13 heteroatoms. The number of nitrogens with one attached hydrogen (secondary N) is 4.